The second-order valence-corrected chi connectivity index (χ2v) is 3.14. The fourth-order valence-corrected chi connectivity index (χ4v) is 0.785. The quantitative estimate of drug-likeness (QED) is 0.538. The molecule has 0 unspecified atom stereocenters. The second kappa shape index (κ2) is 11.9. The Morgan fingerprint density at radius 1 is 1.18 bits per heavy atom. The van der Waals surface area contributed by atoms with Crippen molar-refractivity contribution in [3.8, 4) is 0 Å². The van der Waals surface area contributed by atoms with Crippen molar-refractivity contribution in [1.82, 2.24) is 0 Å². The van der Waals surface area contributed by atoms with E-state index < -0.39 is 11.9 Å². The maximum atomic E-state index is 10.4. The van der Waals surface area contributed by atoms with Gasteiger partial charge in [0.1, 0.15) is 0 Å². The van der Waals surface area contributed by atoms with Crippen LogP contribution >= 0.6 is 12.6 Å². The molecule has 0 aliphatic rings. The molecule has 1 rings (SSSR count). The molecule has 1 aromatic carbocycles. The fraction of sp³-hybridized carbons (Fsp3) is 0.200. The first-order valence-corrected chi connectivity index (χ1v) is 4.83. The van der Waals surface area contributed by atoms with Crippen molar-refractivity contribution in [1.29, 1.82) is 0 Å². The van der Waals surface area contributed by atoms with Gasteiger partial charge in [0.25, 0.3) is 0 Å². The van der Waals surface area contributed by atoms with E-state index in [0.29, 0.717) is 0 Å². The molecule has 7 heteroatoms. The maximum absolute atomic E-state index is 10.4. The van der Waals surface area contributed by atoms with E-state index in [9.17, 15) is 9.59 Å². The first-order valence-electron chi connectivity index (χ1n) is 4.20. The molecule has 4 N–H and O–H groups in total. The number of rotatable bonds is 2. The van der Waals surface area contributed by atoms with Crippen molar-refractivity contribution in [2.75, 3.05) is 5.75 Å². The monoisotopic (exact) mass is 270 g/mol. The average Bonchev–Trinajstić information content (AvgIpc) is 2.19. The van der Waals surface area contributed by atoms with Gasteiger partial charge < -0.3 is 15.7 Å². The normalized spacial score (nSPS) is 7.65. The van der Waals surface area contributed by atoms with Crippen molar-refractivity contribution in [3.05, 3.63) is 35.4 Å². The fourth-order valence-electron chi connectivity index (χ4n) is 0.785. The zero-order valence-corrected chi connectivity index (χ0v) is 9.57. The summed E-state index contributed by atoms with van der Waals surface area (Å²) in [5, 5.41) is 17.0. The van der Waals surface area contributed by atoms with E-state index in [1.165, 1.54) is 18.2 Å². The van der Waals surface area contributed by atoms with Crippen LogP contribution in [-0.4, -0.2) is 62.9 Å². The van der Waals surface area contributed by atoms with Crippen molar-refractivity contribution < 1.29 is 25.3 Å². The van der Waals surface area contributed by atoms with E-state index in [4.69, 9.17) is 10.2 Å². The molecule has 0 heterocycles. The topological polar surface area (TPSA) is 106 Å². The number of carbonyl (C=O) groups is 2. The van der Waals surface area contributed by atoms with Gasteiger partial charge in [0.15, 0.2) is 0 Å². The Morgan fingerprint density at radius 3 is 1.71 bits per heavy atom. The number of aromatic carboxylic acids is 2. The molecule has 92 valence electrons. The van der Waals surface area contributed by atoms with E-state index in [1.807, 2.05) is 6.92 Å². The van der Waals surface area contributed by atoms with Crippen LogP contribution in [0.3, 0.4) is 0 Å². The van der Waals surface area contributed by atoms with Crippen LogP contribution in [0.15, 0.2) is 24.3 Å². The van der Waals surface area contributed by atoms with E-state index in [1.54, 1.807) is 0 Å². The molecule has 0 saturated carbocycles. The zero-order valence-electron chi connectivity index (χ0n) is 8.67. The van der Waals surface area contributed by atoms with E-state index in [2.05, 4.69) is 12.6 Å². The third-order valence-electron chi connectivity index (χ3n) is 1.36. The first-order chi connectivity index (χ1) is 7.02. The molecule has 0 saturated heterocycles. The molecule has 17 heavy (non-hydrogen) atoms. The molecule has 0 aliphatic heterocycles. The SMILES string of the molecule is CCS.O.O=C(O)c1cccc(C(=O)O)c1.[NaH]. The van der Waals surface area contributed by atoms with E-state index >= 15 is 0 Å². The van der Waals surface area contributed by atoms with E-state index in [0.717, 1.165) is 11.8 Å². The Kier molecular flexibility index (Phi) is 15.3. The molecule has 0 atom stereocenters. The number of carboxylic acid groups (broad SMARTS) is 2. The number of carboxylic acids is 2. The van der Waals surface area contributed by atoms with Crippen molar-refractivity contribution in [2.45, 2.75) is 6.92 Å². The molecule has 0 amide bonds. The van der Waals surface area contributed by atoms with Crippen molar-refractivity contribution in [2.24, 2.45) is 0 Å². The molecule has 0 aromatic heterocycles. The summed E-state index contributed by atoms with van der Waals surface area (Å²) >= 11 is 3.79. The van der Waals surface area contributed by atoms with Crippen LogP contribution < -0.4 is 0 Å². The van der Waals surface area contributed by atoms with Crippen molar-refractivity contribution in [3.63, 3.8) is 0 Å². The third-order valence-corrected chi connectivity index (χ3v) is 1.36. The Hall–Kier alpha value is -0.530. The van der Waals surface area contributed by atoms with Crippen LogP contribution in [0.25, 0.3) is 0 Å². The summed E-state index contributed by atoms with van der Waals surface area (Å²) < 4.78 is 0. The Labute approximate surface area is 127 Å². The van der Waals surface area contributed by atoms with Gasteiger partial charge in [-0.15, -0.1) is 0 Å². The molecule has 1 aromatic rings. The van der Waals surface area contributed by atoms with Crippen LogP contribution in [0.2, 0.25) is 0 Å². The Morgan fingerprint density at radius 2 is 1.47 bits per heavy atom. The standard InChI is InChI=1S/C8H6O4.C2H6S.Na.H2O.H/c9-7(10)5-2-1-3-6(4-5)8(11)12;1-2-3;;;/h1-4H,(H,9,10)(H,11,12);3H,2H2,1H3;;1H2;. The van der Waals surface area contributed by atoms with Gasteiger partial charge in [0.2, 0.25) is 0 Å². The summed E-state index contributed by atoms with van der Waals surface area (Å²) in [6.45, 7) is 1.99. The minimum absolute atomic E-state index is 0. The van der Waals surface area contributed by atoms with Crippen LogP contribution in [0.5, 0.6) is 0 Å². The first kappa shape index (κ1) is 21.7. The Balaban J connectivity index is -0.000000356. The van der Waals surface area contributed by atoms with Crippen LogP contribution in [0, 0.1) is 0 Å². The third kappa shape index (κ3) is 9.20. The van der Waals surface area contributed by atoms with Gasteiger partial charge in [-0.25, -0.2) is 9.59 Å². The predicted octanol–water partition coefficient (Wildman–Crippen LogP) is 0.546. The van der Waals surface area contributed by atoms with E-state index in [-0.39, 0.29) is 46.2 Å². The molecule has 0 spiro atoms. The van der Waals surface area contributed by atoms with Crippen molar-refractivity contribution >= 4 is 54.1 Å². The summed E-state index contributed by atoms with van der Waals surface area (Å²) in [5.41, 5.74) is -0.0372. The van der Waals surface area contributed by atoms with Gasteiger partial charge in [0, 0.05) is 0 Å². The molecule has 5 nitrogen and oxygen atoms in total. The van der Waals surface area contributed by atoms with Crippen LogP contribution in [0.1, 0.15) is 27.6 Å². The van der Waals surface area contributed by atoms with Gasteiger partial charge in [0.05, 0.1) is 11.1 Å². The zero-order chi connectivity index (χ0) is 11.8. The number of benzene rings is 1. The molecular formula is C10H15NaO5S. The van der Waals surface area contributed by atoms with Crippen LogP contribution in [-0.2, 0) is 0 Å². The molecule has 0 aliphatic carbocycles. The summed E-state index contributed by atoms with van der Waals surface area (Å²) in [5.74, 6) is -1.31. The van der Waals surface area contributed by atoms with Crippen LogP contribution in [0.4, 0.5) is 0 Å². The number of thiol groups is 1. The summed E-state index contributed by atoms with van der Waals surface area (Å²) in [6, 6.07) is 5.20. The summed E-state index contributed by atoms with van der Waals surface area (Å²) in [6.07, 6.45) is 0. The summed E-state index contributed by atoms with van der Waals surface area (Å²) in [4.78, 5) is 20.8. The van der Waals surface area contributed by atoms with Gasteiger partial charge in [-0.3, -0.25) is 0 Å². The molecule has 0 fully saturated rings. The molecule has 0 radical (unpaired) electrons. The molecule has 0 bridgehead atoms. The minimum atomic E-state index is -1.13. The second-order valence-electron chi connectivity index (χ2n) is 2.51. The van der Waals surface area contributed by atoms with Gasteiger partial charge in [-0.1, -0.05) is 13.0 Å². The van der Waals surface area contributed by atoms with Gasteiger partial charge in [-0.05, 0) is 24.0 Å². The van der Waals surface area contributed by atoms with Gasteiger partial charge >= 0.3 is 41.5 Å². The predicted molar refractivity (Wildman–Crippen MR) is 70.7 cm³/mol. The Bertz CT molecular complexity index is 327. The molecular weight excluding hydrogens is 255 g/mol. The number of hydrogen-bond acceptors (Lipinski definition) is 3. The number of hydrogen-bond donors (Lipinski definition) is 3. The summed E-state index contributed by atoms with van der Waals surface area (Å²) in [7, 11) is 0. The average molecular weight is 270 g/mol. The van der Waals surface area contributed by atoms with Gasteiger partial charge in [-0.2, -0.15) is 12.6 Å².